The van der Waals surface area contributed by atoms with Crippen LogP contribution in [0.1, 0.15) is 36.3 Å². The van der Waals surface area contributed by atoms with Crippen LogP contribution in [-0.2, 0) is 22.3 Å². The fourth-order valence-electron chi connectivity index (χ4n) is 2.93. The summed E-state index contributed by atoms with van der Waals surface area (Å²) in [5.41, 5.74) is -0.408. The van der Waals surface area contributed by atoms with Crippen LogP contribution in [0.25, 0.3) is 0 Å². The first kappa shape index (κ1) is 18.9. The SMILES string of the molecule is C[C@H](NC(=O)[C@@H]1CC(=O)N(Cc2cccc(C(F)(F)F)c2)C1)c1ncon1. The number of benzene rings is 1. The second-order valence-corrected chi connectivity index (χ2v) is 6.39. The van der Waals surface area contributed by atoms with Gasteiger partial charge in [0.15, 0.2) is 5.82 Å². The Morgan fingerprint density at radius 1 is 1.44 bits per heavy atom. The molecule has 1 N–H and O–H groups in total. The van der Waals surface area contributed by atoms with E-state index in [0.29, 0.717) is 11.4 Å². The number of nitrogens with one attached hydrogen (secondary N) is 1. The van der Waals surface area contributed by atoms with Gasteiger partial charge >= 0.3 is 6.18 Å². The lowest BCUT2D eigenvalue weighted by Gasteiger charge is -2.18. The first-order valence-electron chi connectivity index (χ1n) is 8.24. The van der Waals surface area contributed by atoms with E-state index in [9.17, 15) is 22.8 Å². The normalized spacial score (nSPS) is 18.6. The zero-order valence-electron chi connectivity index (χ0n) is 14.4. The highest BCUT2D eigenvalue weighted by atomic mass is 19.4. The van der Waals surface area contributed by atoms with Gasteiger partial charge in [-0.15, -0.1) is 0 Å². The largest absolute Gasteiger partial charge is 0.416 e. The number of carbonyl (C=O) groups excluding carboxylic acids is 2. The summed E-state index contributed by atoms with van der Waals surface area (Å²) in [6.45, 7) is 1.84. The van der Waals surface area contributed by atoms with Crippen molar-refractivity contribution in [1.29, 1.82) is 0 Å². The molecule has 1 aromatic carbocycles. The van der Waals surface area contributed by atoms with Gasteiger partial charge in [0.05, 0.1) is 17.5 Å². The minimum atomic E-state index is -4.45. The smallest absolute Gasteiger partial charge is 0.346 e. The van der Waals surface area contributed by atoms with Gasteiger partial charge in [-0.05, 0) is 24.6 Å². The molecule has 2 heterocycles. The quantitative estimate of drug-likeness (QED) is 0.857. The third-order valence-corrected chi connectivity index (χ3v) is 4.34. The maximum Gasteiger partial charge on any atom is 0.416 e. The van der Waals surface area contributed by atoms with E-state index in [-0.39, 0.29) is 31.3 Å². The first-order chi connectivity index (χ1) is 12.7. The standard InChI is InChI=1S/C17H17F3N4O3/c1-10(15-21-9-27-23-15)22-16(26)12-6-14(25)24(8-12)7-11-3-2-4-13(5-11)17(18,19)20/h2-5,9-10,12H,6-8H2,1H3,(H,22,26)/t10-,12+/m0/s1. The summed E-state index contributed by atoms with van der Waals surface area (Å²) in [5.74, 6) is -0.891. The minimum absolute atomic E-state index is 0.00373. The van der Waals surface area contributed by atoms with E-state index in [1.165, 1.54) is 17.0 Å². The summed E-state index contributed by atoms with van der Waals surface area (Å²) < 4.78 is 43.1. The van der Waals surface area contributed by atoms with E-state index in [4.69, 9.17) is 0 Å². The van der Waals surface area contributed by atoms with E-state index in [2.05, 4.69) is 20.0 Å². The lowest BCUT2D eigenvalue weighted by molar-refractivity contribution is -0.137. The Morgan fingerprint density at radius 3 is 2.89 bits per heavy atom. The maximum atomic E-state index is 12.8. The molecule has 2 atom stereocenters. The van der Waals surface area contributed by atoms with Crippen LogP contribution >= 0.6 is 0 Å². The van der Waals surface area contributed by atoms with Crippen molar-refractivity contribution >= 4 is 11.8 Å². The van der Waals surface area contributed by atoms with Gasteiger partial charge in [0.25, 0.3) is 0 Å². The highest BCUT2D eigenvalue weighted by molar-refractivity contribution is 5.89. The van der Waals surface area contributed by atoms with Gasteiger partial charge in [0.1, 0.15) is 0 Å². The van der Waals surface area contributed by atoms with Crippen LogP contribution in [-0.4, -0.2) is 33.4 Å². The number of aromatic nitrogens is 2. The molecule has 27 heavy (non-hydrogen) atoms. The Kier molecular flexibility index (Phi) is 5.15. The number of likely N-dealkylation sites (tertiary alicyclic amines) is 1. The van der Waals surface area contributed by atoms with Crippen LogP contribution in [0.5, 0.6) is 0 Å². The van der Waals surface area contributed by atoms with Crippen LogP contribution in [0.15, 0.2) is 35.2 Å². The van der Waals surface area contributed by atoms with Gasteiger partial charge < -0.3 is 14.7 Å². The summed E-state index contributed by atoms with van der Waals surface area (Å²) in [7, 11) is 0. The van der Waals surface area contributed by atoms with Crippen molar-refractivity contribution in [3.05, 3.63) is 47.6 Å². The highest BCUT2D eigenvalue weighted by Crippen LogP contribution is 2.30. The number of alkyl halides is 3. The number of amides is 2. The molecule has 2 aromatic rings. The lowest BCUT2D eigenvalue weighted by atomic mass is 10.1. The van der Waals surface area contributed by atoms with E-state index in [0.717, 1.165) is 18.5 Å². The van der Waals surface area contributed by atoms with E-state index >= 15 is 0 Å². The van der Waals surface area contributed by atoms with Gasteiger partial charge in [0, 0.05) is 19.5 Å². The van der Waals surface area contributed by atoms with Crippen LogP contribution in [0, 0.1) is 5.92 Å². The molecule has 7 nitrogen and oxygen atoms in total. The fraction of sp³-hybridized carbons (Fsp3) is 0.412. The molecule has 0 radical (unpaired) electrons. The molecule has 0 saturated carbocycles. The lowest BCUT2D eigenvalue weighted by Crippen LogP contribution is -2.34. The summed E-state index contributed by atoms with van der Waals surface area (Å²) in [4.78, 5) is 29.8. The summed E-state index contributed by atoms with van der Waals surface area (Å²) in [6.07, 6.45) is -3.30. The number of carbonyl (C=O) groups is 2. The molecule has 144 valence electrons. The van der Waals surface area contributed by atoms with Crippen LogP contribution in [0.4, 0.5) is 13.2 Å². The van der Waals surface area contributed by atoms with Gasteiger partial charge in [0.2, 0.25) is 18.2 Å². The van der Waals surface area contributed by atoms with Crippen LogP contribution in [0.3, 0.4) is 0 Å². The Morgan fingerprint density at radius 2 is 2.22 bits per heavy atom. The van der Waals surface area contributed by atoms with Crippen molar-refractivity contribution in [2.24, 2.45) is 5.92 Å². The molecule has 0 unspecified atom stereocenters. The molecule has 1 fully saturated rings. The van der Waals surface area contributed by atoms with Crippen LogP contribution in [0.2, 0.25) is 0 Å². The predicted molar refractivity (Wildman–Crippen MR) is 85.8 cm³/mol. The molecule has 1 saturated heterocycles. The molecule has 0 aliphatic carbocycles. The van der Waals surface area contributed by atoms with Gasteiger partial charge in [-0.25, -0.2) is 0 Å². The first-order valence-corrected chi connectivity index (χ1v) is 8.24. The highest BCUT2D eigenvalue weighted by Gasteiger charge is 2.35. The third-order valence-electron chi connectivity index (χ3n) is 4.34. The molecule has 10 heteroatoms. The zero-order chi connectivity index (χ0) is 19.6. The van der Waals surface area contributed by atoms with Gasteiger partial charge in [-0.3, -0.25) is 9.59 Å². The van der Waals surface area contributed by atoms with E-state index in [1.54, 1.807) is 6.92 Å². The topological polar surface area (TPSA) is 88.3 Å². The van der Waals surface area contributed by atoms with E-state index in [1.807, 2.05) is 0 Å². The van der Waals surface area contributed by atoms with Crippen molar-refractivity contribution in [2.75, 3.05) is 6.54 Å². The molecule has 3 rings (SSSR count). The number of hydrogen-bond acceptors (Lipinski definition) is 5. The fourth-order valence-corrected chi connectivity index (χ4v) is 2.93. The van der Waals surface area contributed by atoms with Gasteiger partial charge in [-0.1, -0.05) is 17.3 Å². The van der Waals surface area contributed by atoms with Crippen molar-refractivity contribution < 1.29 is 27.3 Å². The Labute approximate surface area is 152 Å². The molecule has 1 aliphatic heterocycles. The predicted octanol–water partition coefficient (Wildman–Crippen LogP) is 2.31. The van der Waals surface area contributed by atoms with Crippen molar-refractivity contribution in [1.82, 2.24) is 20.4 Å². The van der Waals surface area contributed by atoms with Crippen molar-refractivity contribution in [3.63, 3.8) is 0 Å². The summed E-state index contributed by atoms with van der Waals surface area (Å²) in [5, 5.41) is 6.35. The van der Waals surface area contributed by atoms with Crippen molar-refractivity contribution in [3.8, 4) is 0 Å². The maximum absolute atomic E-state index is 12.8. The number of rotatable bonds is 5. The third kappa shape index (κ3) is 4.44. The van der Waals surface area contributed by atoms with Gasteiger partial charge in [-0.2, -0.15) is 18.2 Å². The second kappa shape index (κ2) is 7.37. The Hall–Kier alpha value is -2.91. The number of hydrogen-bond donors (Lipinski definition) is 1. The average Bonchev–Trinajstić information content (AvgIpc) is 3.25. The molecular weight excluding hydrogens is 365 g/mol. The van der Waals surface area contributed by atoms with Crippen molar-refractivity contribution in [2.45, 2.75) is 32.1 Å². The zero-order valence-corrected chi connectivity index (χ0v) is 14.4. The number of halogens is 3. The molecule has 1 aliphatic rings. The summed E-state index contributed by atoms with van der Waals surface area (Å²) in [6, 6.07) is 4.33. The molecule has 0 spiro atoms. The molecule has 1 aromatic heterocycles. The van der Waals surface area contributed by atoms with Crippen LogP contribution < -0.4 is 5.32 Å². The monoisotopic (exact) mass is 382 g/mol. The molecule has 0 bridgehead atoms. The Bertz CT molecular complexity index is 823. The number of nitrogens with zero attached hydrogens (tertiary/aromatic N) is 3. The Balaban J connectivity index is 1.61. The minimum Gasteiger partial charge on any atom is -0.346 e. The molecular formula is C17H17F3N4O3. The summed E-state index contributed by atoms with van der Waals surface area (Å²) >= 11 is 0. The molecule has 2 amide bonds. The second-order valence-electron chi connectivity index (χ2n) is 6.39. The van der Waals surface area contributed by atoms with E-state index < -0.39 is 23.7 Å². The average molecular weight is 382 g/mol.